The van der Waals surface area contributed by atoms with E-state index in [2.05, 4.69) is 0 Å². The molecule has 1 aromatic rings. The molecular formula is C13H15NO4. The van der Waals surface area contributed by atoms with E-state index in [0.29, 0.717) is 30.7 Å². The summed E-state index contributed by atoms with van der Waals surface area (Å²) in [5.41, 5.74) is 0.400. The summed E-state index contributed by atoms with van der Waals surface area (Å²) in [6.45, 7) is 2.73. The molecule has 0 unspecified atom stereocenters. The van der Waals surface area contributed by atoms with E-state index in [1.165, 1.54) is 13.0 Å². The van der Waals surface area contributed by atoms with Gasteiger partial charge in [0.15, 0.2) is 11.5 Å². The van der Waals surface area contributed by atoms with E-state index in [-0.39, 0.29) is 17.8 Å². The van der Waals surface area contributed by atoms with Crippen LogP contribution < -0.4 is 4.74 Å². The quantitative estimate of drug-likeness (QED) is 0.817. The van der Waals surface area contributed by atoms with Gasteiger partial charge in [0.1, 0.15) is 12.4 Å². The molecule has 1 atom stereocenters. The molecule has 0 spiro atoms. The average molecular weight is 249 g/mol. The minimum Gasteiger partial charge on any atom is -0.504 e. The Morgan fingerprint density at radius 1 is 1.56 bits per heavy atom. The monoisotopic (exact) mass is 249 g/mol. The largest absolute Gasteiger partial charge is 0.504 e. The van der Waals surface area contributed by atoms with Crippen LogP contribution in [0.1, 0.15) is 23.7 Å². The van der Waals surface area contributed by atoms with Gasteiger partial charge in [-0.05, 0) is 18.2 Å². The first-order chi connectivity index (χ1) is 8.60. The number of carbonyl (C=O) groups excluding carboxylic acids is 2. The number of hydrogen-bond donors (Lipinski definition) is 1. The van der Waals surface area contributed by atoms with Gasteiger partial charge in [0.2, 0.25) is 5.91 Å². The Labute approximate surface area is 105 Å². The molecule has 1 saturated heterocycles. The van der Waals surface area contributed by atoms with Gasteiger partial charge in [-0.3, -0.25) is 9.59 Å². The highest BCUT2D eigenvalue weighted by molar-refractivity contribution is 5.76. The SMILES string of the molecule is CC(=O)N1CC[C@H](Oc2ccc(C=O)cc2O)C1. The molecule has 1 amide bonds. The highest BCUT2D eigenvalue weighted by Gasteiger charge is 2.26. The average Bonchev–Trinajstić information content (AvgIpc) is 2.80. The minimum absolute atomic E-state index is 0.0293. The summed E-state index contributed by atoms with van der Waals surface area (Å²) in [6.07, 6.45) is 1.30. The Hall–Kier alpha value is -2.04. The van der Waals surface area contributed by atoms with E-state index in [4.69, 9.17) is 4.74 Å². The lowest BCUT2D eigenvalue weighted by Crippen LogP contribution is -2.28. The standard InChI is InChI=1S/C13H15NO4/c1-9(16)14-5-4-11(7-14)18-13-3-2-10(8-15)6-12(13)17/h2-3,6,8,11,17H,4-5,7H2,1H3/t11-/m0/s1. The van der Waals surface area contributed by atoms with Crippen molar-refractivity contribution < 1.29 is 19.4 Å². The van der Waals surface area contributed by atoms with Gasteiger partial charge in [-0.1, -0.05) is 0 Å². The normalized spacial score (nSPS) is 18.7. The zero-order valence-electron chi connectivity index (χ0n) is 10.1. The Morgan fingerprint density at radius 2 is 2.33 bits per heavy atom. The molecule has 5 nitrogen and oxygen atoms in total. The molecule has 0 saturated carbocycles. The molecule has 1 heterocycles. The fraction of sp³-hybridized carbons (Fsp3) is 0.385. The number of amides is 1. The third kappa shape index (κ3) is 2.61. The summed E-state index contributed by atoms with van der Waals surface area (Å²) < 4.78 is 5.63. The topological polar surface area (TPSA) is 66.8 Å². The zero-order valence-corrected chi connectivity index (χ0v) is 10.1. The summed E-state index contributed by atoms with van der Waals surface area (Å²) in [7, 11) is 0. The van der Waals surface area contributed by atoms with Crippen molar-refractivity contribution in [3.8, 4) is 11.5 Å². The predicted molar refractivity (Wildman–Crippen MR) is 64.8 cm³/mol. The molecule has 0 aliphatic carbocycles. The Morgan fingerprint density at radius 3 is 2.89 bits per heavy atom. The summed E-state index contributed by atoms with van der Waals surface area (Å²) in [5.74, 6) is 0.318. The molecule has 1 N–H and O–H groups in total. The van der Waals surface area contributed by atoms with Crippen LogP contribution in [0.25, 0.3) is 0 Å². The van der Waals surface area contributed by atoms with E-state index in [0.717, 1.165) is 6.42 Å². The molecule has 0 bridgehead atoms. The first kappa shape index (κ1) is 12.4. The Kier molecular flexibility index (Phi) is 3.50. The van der Waals surface area contributed by atoms with Gasteiger partial charge in [0.05, 0.1) is 6.54 Å². The zero-order chi connectivity index (χ0) is 13.1. The van der Waals surface area contributed by atoms with Crippen molar-refractivity contribution in [2.75, 3.05) is 13.1 Å². The molecule has 18 heavy (non-hydrogen) atoms. The van der Waals surface area contributed by atoms with Crippen molar-refractivity contribution in [1.82, 2.24) is 4.90 Å². The van der Waals surface area contributed by atoms with Crippen LogP contribution in [0.15, 0.2) is 18.2 Å². The lowest BCUT2D eigenvalue weighted by molar-refractivity contribution is -0.128. The van der Waals surface area contributed by atoms with Crippen molar-refractivity contribution in [3.05, 3.63) is 23.8 Å². The van der Waals surface area contributed by atoms with Crippen LogP contribution in [0.3, 0.4) is 0 Å². The second kappa shape index (κ2) is 5.08. The molecule has 1 aliphatic heterocycles. The van der Waals surface area contributed by atoms with Crippen LogP contribution in [0.4, 0.5) is 0 Å². The number of likely N-dealkylation sites (tertiary alicyclic amines) is 1. The van der Waals surface area contributed by atoms with Gasteiger partial charge in [0.25, 0.3) is 0 Å². The van der Waals surface area contributed by atoms with Gasteiger partial charge in [-0.15, -0.1) is 0 Å². The molecular weight excluding hydrogens is 234 g/mol. The van der Waals surface area contributed by atoms with Crippen LogP contribution in [0, 0.1) is 0 Å². The number of rotatable bonds is 3. The lowest BCUT2D eigenvalue weighted by Gasteiger charge is -2.16. The van der Waals surface area contributed by atoms with E-state index in [1.54, 1.807) is 17.0 Å². The Balaban J connectivity index is 2.02. The van der Waals surface area contributed by atoms with Gasteiger partial charge in [-0.2, -0.15) is 0 Å². The number of ether oxygens (including phenoxy) is 1. The third-order valence-corrected chi connectivity index (χ3v) is 3.00. The van der Waals surface area contributed by atoms with Crippen LogP contribution >= 0.6 is 0 Å². The fourth-order valence-corrected chi connectivity index (χ4v) is 2.00. The van der Waals surface area contributed by atoms with Crippen molar-refractivity contribution >= 4 is 12.2 Å². The first-order valence-corrected chi connectivity index (χ1v) is 5.80. The van der Waals surface area contributed by atoms with Gasteiger partial charge in [-0.25, -0.2) is 0 Å². The molecule has 96 valence electrons. The number of phenolic OH excluding ortho intramolecular Hbond substituents is 1. The highest BCUT2D eigenvalue weighted by Crippen LogP contribution is 2.28. The maximum absolute atomic E-state index is 11.2. The maximum Gasteiger partial charge on any atom is 0.219 e. The molecule has 2 rings (SSSR count). The number of aromatic hydroxyl groups is 1. The first-order valence-electron chi connectivity index (χ1n) is 5.80. The summed E-state index contributed by atoms with van der Waals surface area (Å²) in [6, 6.07) is 4.51. The van der Waals surface area contributed by atoms with Crippen molar-refractivity contribution in [2.45, 2.75) is 19.4 Å². The van der Waals surface area contributed by atoms with Crippen LogP contribution in [-0.2, 0) is 4.79 Å². The highest BCUT2D eigenvalue weighted by atomic mass is 16.5. The van der Waals surface area contributed by atoms with Crippen LogP contribution in [-0.4, -0.2) is 41.4 Å². The summed E-state index contributed by atoms with van der Waals surface area (Å²) in [5, 5.41) is 9.69. The summed E-state index contributed by atoms with van der Waals surface area (Å²) in [4.78, 5) is 23.4. The van der Waals surface area contributed by atoms with Crippen molar-refractivity contribution in [2.24, 2.45) is 0 Å². The van der Waals surface area contributed by atoms with Crippen molar-refractivity contribution in [1.29, 1.82) is 0 Å². The fourth-order valence-electron chi connectivity index (χ4n) is 2.00. The molecule has 0 radical (unpaired) electrons. The third-order valence-electron chi connectivity index (χ3n) is 3.00. The number of phenols is 1. The number of aldehydes is 1. The second-order valence-electron chi connectivity index (χ2n) is 4.34. The number of carbonyl (C=O) groups is 2. The second-order valence-corrected chi connectivity index (χ2v) is 4.34. The molecule has 5 heteroatoms. The van der Waals surface area contributed by atoms with Gasteiger partial charge >= 0.3 is 0 Å². The molecule has 1 fully saturated rings. The molecule has 0 aromatic heterocycles. The van der Waals surface area contributed by atoms with Crippen LogP contribution in [0.2, 0.25) is 0 Å². The summed E-state index contributed by atoms with van der Waals surface area (Å²) >= 11 is 0. The van der Waals surface area contributed by atoms with E-state index in [9.17, 15) is 14.7 Å². The predicted octanol–water partition coefficient (Wildman–Crippen LogP) is 1.20. The molecule has 1 aliphatic rings. The number of benzene rings is 1. The van der Waals surface area contributed by atoms with Gasteiger partial charge < -0.3 is 14.7 Å². The van der Waals surface area contributed by atoms with E-state index in [1.807, 2.05) is 0 Å². The number of hydrogen-bond acceptors (Lipinski definition) is 4. The van der Waals surface area contributed by atoms with Gasteiger partial charge in [0, 0.05) is 25.5 Å². The van der Waals surface area contributed by atoms with E-state index >= 15 is 0 Å². The number of nitrogens with zero attached hydrogens (tertiary/aromatic N) is 1. The molecule has 1 aromatic carbocycles. The minimum atomic E-state index is -0.109. The Bertz CT molecular complexity index is 472. The maximum atomic E-state index is 11.2. The van der Waals surface area contributed by atoms with E-state index < -0.39 is 0 Å². The van der Waals surface area contributed by atoms with Crippen molar-refractivity contribution in [3.63, 3.8) is 0 Å². The van der Waals surface area contributed by atoms with Crippen LogP contribution in [0.5, 0.6) is 11.5 Å². The lowest BCUT2D eigenvalue weighted by atomic mass is 10.2. The smallest absolute Gasteiger partial charge is 0.219 e.